The second-order valence-electron chi connectivity index (χ2n) is 6.45. The van der Waals surface area contributed by atoms with Crippen LogP contribution in [0, 0.1) is 0 Å². The molecular formula is C20H25ClN2O6S. The van der Waals surface area contributed by atoms with Gasteiger partial charge < -0.3 is 19.9 Å². The summed E-state index contributed by atoms with van der Waals surface area (Å²) in [5, 5.41) is 12.1. The van der Waals surface area contributed by atoms with Crippen LogP contribution in [0.1, 0.15) is 22.3 Å². The Kier molecular flexibility index (Phi) is 8.33. The second kappa shape index (κ2) is 10.5. The maximum Gasteiger partial charge on any atom is 0.253 e. The highest BCUT2D eigenvalue weighted by molar-refractivity contribution is 7.92. The molecule has 0 saturated heterocycles. The number of amides is 1. The van der Waals surface area contributed by atoms with E-state index >= 15 is 0 Å². The topological polar surface area (TPSA) is 105 Å². The van der Waals surface area contributed by atoms with E-state index in [2.05, 4.69) is 5.32 Å². The molecule has 0 heterocycles. The highest BCUT2D eigenvalue weighted by Gasteiger charge is 2.26. The normalized spacial score (nSPS) is 11.1. The summed E-state index contributed by atoms with van der Waals surface area (Å²) in [6.45, 7) is 0.146. The third-order valence-electron chi connectivity index (χ3n) is 4.28. The van der Waals surface area contributed by atoms with Crippen molar-refractivity contribution in [3.8, 4) is 11.5 Å². The Balaban J connectivity index is 2.59. The summed E-state index contributed by atoms with van der Waals surface area (Å²) in [5.41, 5.74) is 0.933. The van der Waals surface area contributed by atoms with Crippen LogP contribution in [0.3, 0.4) is 0 Å². The third-order valence-corrected chi connectivity index (χ3v) is 5.65. The smallest absolute Gasteiger partial charge is 0.253 e. The van der Waals surface area contributed by atoms with E-state index in [0.29, 0.717) is 17.0 Å². The van der Waals surface area contributed by atoms with Crippen molar-refractivity contribution >= 4 is 33.2 Å². The van der Waals surface area contributed by atoms with Gasteiger partial charge in [0.2, 0.25) is 10.0 Å². The van der Waals surface area contributed by atoms with Crippen molar-refractivity contribution in [2.24, 2.45) is 0 Å². The Hall–Kier alpha value is -2.49. The fourth-order valence-electron chi connectivity index (χ4n) is 2.77. The summed E-state index contributed by atoms with van der Waals surface area (Å²) in [6.07, 6.45) is 1.43. The molecule has 2 N–H and O–H groups in total. The molecule has 0 unspecified atom stereocenters. The van der Waals surface area contributed by atoms with Gasteiger partial charge in [-0.05, 0) is 30.2 Å². The van der Waals surface area contributed by atoms with Crippen LogP contribution in [0.2, 0.25) is 5.02 Å². The number of ether oxygens (including phenoxy) is 2. The lowest BCUT2D eigenvalue weighted by atomic mass is 10.1. The summed E-state index contributed by atoms with van der Waals surface area (Å²) in [5.74, 6) is 0.0711. The SMILES string of the molecule is COc1cc(C(=O)NCCCO)c(N(Cc2ccc(Cl)cc2)S(C)(=O)=O)cc1OC. The van der Waals surface area contributed by atoms with Crippen LogP contribution in [-0.2, 0) is 16.6 Å². The maximum absolute atomic E-state index is 12.8. The van der Waals surface area contributed by atoms with Crippen molar-refractivity contribution < 1.29 is 27.8 Å². The summed E-state index contributed by atoms with van der Waals surface area (Å²) in [6, 6.07) is 9.63. The van der Waals surface area contributed by atoms with Crippen molar-refractivity contribution in [2.75, 3.05) is 37.9 Å². The summed E-state index contributed by atoms with van der Waals surface area (Å²) in [4.78, 5) is 12.8. The Morgan fingerprint density at radius 3 is 2.27 bits per heavy atom. The largest absolute Gasteiger partial charge is 0.493 e. The summed E-state index contributed by atoms with van der Waals surface area (Å²) in [7, 11) is -0.921. The van der Waals surface area contributed by atoms with Gasteiger partial charge in [-0.3, -0.25) is 9.10 Å². The summed E-state index contributed by atoms with van der Waals surface area (Å²) >= 11 is 5.92. The minimum atomic E-state index is -3.77. The second-order valence-corrected chi connectivity index (χ2v) is 8.80. The molecule has 0 fully saturated rings. The van der Waals surface area contributed by atoms with Gasteiger partial charge in [-0.15, -0.1) is 0 Å². The van der Waals surface area contributed by atoms with Gasteiger partial charge in [0.25, 0.3) is 5.91 Å². The van der Waals surface area contributed by atoms with E-state index in [0.717, 1.165) is 10.6 Å². The molecule has 164 valence electrons. The number of benzene rings is 2. The van der Waals surface area contributed by atoms with Gasteiger partial charge in [-0.1, -0.05) is 23.7 Å². The van der Waals surface area contributed by atoms with E-state index in [9.17, 15) is 13.2 Å². The Morgan fingerprint density at radius 1 is 1.13 bits per heavy atom. The Labute approximate surface area is 181 Å². The first-order valence-corrected chi connectivity index (χ1v) is 11.3. The molecule has 0 bridgehead atoms. The minimum absolute atomic E-state index is 0.0115. The van der Waals surface area contributed by atoms with Gasteiger partial charge in [0, 0.05) is 24.2 Å². The molecule has 1 amide bonds. The van der Waals surface area contributed by atoms with Gasteiger partial charge in [0.05, 0.1) is 38.3 Å². The zero-order chi connectivity index (χ0) is 22.3. The predicted octanol–water partition coefficient (Wildman–Crippen LogP) is 2.44. The number of nitrogens with one attached hydrogen (secondary N) is 1. The third kappa shape index (κ3) is 6.01. The molecule has 0 aliphatic rings. The van der Waals surface area contributed by atoms with Gasteiger partial charge in [0.15, 0.2) is 11.5 Å². The number of carbonyl (C=O) groups excluding carboxylic acids is 1. The number of aliphatic hydroxyl groups excluding tert-OH is 1. The lowest BCUT2D eigenvalue weighted by Crippen LogP contribution is -2.33. The lowest BCUT2D eigenvalue weighted by Gasteiger charge is -2.26. The Bertz CT molecular complexity index is 980. The first-order valence-electron chi connectivity index (χ1n) is 9.08. The fraction of sp³-hybridized carbons (Fsp3) is 0.350. The first-order chi connectivity index (χ1) is 14.2. The van der Waals surface area contributed by atoms with Crippen molar-refractivity contribution in [1.82, 2.24) is 5.32 Å². The van der Waals surface area contributed by atoms with Gasteiger partial charge in [-0.25, -0.2) is 8.42 Å². The molecule has 10 heteroatoms. The molecule has 0 aliphatic heterocycles. The van der Waals surface area contributed by atoms with Gasteiger partial charge >= 0.3 is 0 Å². The van der Waals surface area contributed by atoms with E-state index in [1.165, 1.54) is 26.4 Å². The van der Waals surface area contributed by atoms with Crippen LogP contribution in [0.25, 0.3) is 0 Å². The van der Waals surface area contributed by atoms with E-state index in [-0.39, 0.29) is 42.4 Å². The maximum atomic E-state index is 12.8. The molecule has 2 rings (SSSR count). The number of methoxy groups -OCH3 is 2. The number of hydrogen-bond acceptors (Lipinski definition) is 6. The van der Waals surface area contributed by atoms with Crippen molar-refractivity contribution in [3.05, 3.63) is 52.5 Å². The van der Waals surface area contributed by atoms with Crippen LogP contribution >= 0.6 is 11.6 Å². The lowest BCUT2D eigenvalue weighted by molar-refractivity contribution is 0.0951. The standard InChI is InChI=1S/C20H25ClN2O6S/c1-28-18-11-16(20(25)22-9-4-10-24)17(12-19(18)29-2)23(30(3,26)27)13-14-5-7-15(21)8-6-14/h5-8,11-12,24H,4,9-10,13H2,1-3H3,(H,22,25). The predicted molar refractivity (Wildman–Crippen MR) is 116 cm³/mol. The molecule has 0 radical (unpaired) electrons. The van der Waals surface area contributed by atoms with Crippen molar-refractivity contribution in [1.29, 1.82) is 0 Å². The van der Waals surface area contributed by atoms with Crippen LogP contribution < -0.4 is 19.1 Å². The van der Waals surface area contributed by atoms with E-state index in [4.69, 9.17) is 26.2 Å². The minimum Gasteiger partial charge on any atom is -0.493 e. The highest BCUT2D eigenvalue weighted by atomic mass is 35.5. The first kappa shape index (κ1) is 23.8. The molecule has 0 aliphatic carbocycles. The van der Waals surface area contributed by atoms with Crippen LogP contribution in [-0.4, -0.2) is 53.1 Å². The molecule has 0 aromatic heterocycles. The molecule has 0 spiro atoms. The van der Waals surface area contributed by atoms with Gasteiger partial charge in [0.1, 0.15) is 0 Å². The summed E-state index contributed by atoms with van der Waals surface area (Å²) < 4.78 is 37.0. The van der Waals surface area contributed by atoms with Crippen LogP contribution in [0.5, 0.6) is 11.5 Å². The Morgan fingerprint density at radius 2 is 1.73 bits per heavy atom. The van der Waals surface area contributed by atoms with Crippen molar-refractivity contribution in [3.63, 3.8) is 0 Å². The molecule has 0 saturated carbocycles. The average Bonchev–Trinajstić information content (AvgIpc) is 2.71. The number of hydrogen-bond donors (Lipinski definition) is 2. The monoisotopic (exact) mass is 456 g/mol. The number of sulfonamides is 1. The molecule has 0 atom stereocenters. The fourth-order valence-corrected chi connectivity index (χ4v) is 3.79. The van der Waals surface area contributed by atoms with Gasteiger partial charge in [-0.2, -0.15) is 0 Å². The zero-order valence-electron chi connectivity index (χ0n) is 17.0. The number of anilines is 1. The number of nitrogens with zero attached hydrogens (tertiary/aromatic N) is 1. The van der Waals surface area contributed by atoms with E-state index in [1.807, 2.05) is 0 Å². The highest BCUT2D eigenvalue weighted by Crippen LogP contribution is 2.37. The van der Waals surface area contributed by atoms with E-state index < -0.39 is 15.9 Å². The average molecular weight is 457 g/mol. The molecular weight excluding hydrogens is 432 g/mol. The van der Waals surface area contributed by atoms with Crippen LogP contribution in [0.15, 0.2) is 36.4 Å². The molecule has 2 aromatic carbocycles. The zero-order valence-corrected chi connectivity index (χ0v) is 18.6. The number of aliphatic hydroxyl groups is 1. The van der Waals surface area contributed by atoms with Crippen LogP contribution in [0.4, 0.5) is 5.69 Å². The number of rotatable bonds is 10. The quantitative estimate of drug-likeness (QED) is 0.532. The number of carbonyl (C=O) groups is 1. The number of halogens is 1. The van der Waals surface area contributed by atoms with E-state index in [1.54, 1.807) is 24.3 Å². The molecule has 8 nitrogen and oxygen atoms in total. The molecule has 2 aromatic rings. The van der Waals surface area contributed by atoms with Crippen molar-refractivity contribution in [2.45, 2.75) is 13.0 Å². The molecule has 30 heavy (non-hydrogen) atoms.